The van der Waals surface area contributed by atoms with Crippen molar-refractivity contribution in [3.63, 3.8) is 0 Å². The third-order valence-electron chi connectivity index (χ3n) is 4.64. The molecular formula is C22H27FN3NaO6S. The second-order valence-electron chi connectivity index (χ2n) is 8.00. The summed E-state index contributed by atoms with van der Waals surface area (Å²) in [6.45, 7) is 3.81. The number of carboxylic acids is 1. The molecule has 0 aliphatic heterocycles. The fourth-order valence-corrected chi connectivity index (χ4v) is 3.35. The Balaban J connectivity index is 0.00000578. The normalized spacial score (nSPS) is 12.1. The number of carbonyl (C=O) groups excluding carboxylic acids is 1. The van der Waals surface area contributed by atoms with Crippen LogP contribution in [0.15, 0.2) is 30.3 Å². The summed E-state index contributed by atoms with van der Waals surface area (Å²) in [5.74, 6) is -5.60. The van der Waals surface area contributed by atoms with Gasteiger partial charge in [0.05, 0.1) is 11.4 Å². The van der Waals surface area contributed by atoms with Crippen molar-refractivity contribution >= 4 is 27.8 Å². The van der Waals surface area contributed by atoms with Gasteiger partial charge in [0.25, 0.3) is 0 Å². The molecule has 180 valence electrons. The van der Waals surface area contributed by atoms with Crippen LogP contribution in [-0.4, -0.2) is 52.5 Å². The zero-order valence-electron chi connectivity index (χ0n) is 19.6. The number of hydrogen-bond donors (Lipinski definition) is 3. The van der Waals surface area contributed by atoms with Gasteiger partial charge < -0.3 is 25.4 Å². The first-order chi connectivity index (χ1) is 15.3. The topological polar surface area (TPSA) is 153 Å². The van der Waals surface area contributed by atoms with Crippen molar-refractivity contribution < 1.29 is 62.5 Å². The van der Waals surface area contributed by atoms with Crippen molar-refractivity contribution in [2.24, 2.45) is 0 Å². The minimum Gasteiger partial charge on any atom is -0.544 e. The third kappa shape index (κ3) is 9.05. The molecule has 0 aliphatic rings. The molecule has 1 aromatic carbocycles. The van der Waals surface area contributed by atoms with Crippen LogP contribution in [-0.2, 0) is 14.6 Å². The van der Waals surface area contributed by atoms with E-state index in [9.17, 15) is 32.9 Å². The van der Waals surface area contributed by atoms with Gasteiger partial charge in [-0.2, -0.15) is 0 Å². The summed E-state index contributed by atoms with van der Waals surface area (Å²) in [7, 11) is -3.33. The van der Waals surface area contributed by atoms with Crippen LogP contribution in [0.3, 0.4) is 0 Å². The molecular weight excluding hydrogens is 476 g/mol. The predicted molar refractivity (Wildman–Crippen MR) is 120 cm³/mol. The molecule has 0 bridgehead atoms. The number of aliphatic carboxylic acids is 1. The first kappa shape index (κ1) is 30.1. The van der Waals surface area contributed by atoms with Crippen LogP contribution in [0.4, 0.5) is 10.3 Å². The van der Waals surface area contributed by atoms with Crippen LogP contribution in [0, 0.1) is 5.82 Å². The fourth-order valence-electron chi connectivity index (χ4n) is 2.96. The van der Waals surface area contributed by atoms with Gasteiger partial charge in [-0.3, -0.25) is 0 Å². The Labute approximate surface area is 220 Å². The van der Waals surface area contributed by atoms with E-state index in [0.29, 0.717) is 28.9 Å². The number of allylic oxidation sites excluding steroid dienone is 1. The van der Waals surface area contributed by atoms with Crippen molar-refractivity contribution in [2.75, 3.05) is 17.4 Å². The van der Waals surface area contributed by atoms with Crippen LogP contribution in [0.2, 0.25) is 0 Å². The van der Waals surface area contributed by atoms with E-state index in [1.807, 2.05) is 13.8 Å². The molecule has 0 saturated heterocycles. The molecule has 1 heterocycles. The molecule has 0 amide bonds. The van der Waals surface area contributed by atoms with Crippen LogP contribution in [0.25, 0.3) is 17.3 Å². The first-order valence-electron chi connectivity index (χ1n) is 10.2. The maximum absolute atomic E-state index is 13.5. The number of anilines is 1. The monoisotopic (exact) mass is 503 g/mol. The molecule has 34 heavy (non-hydrogen) atoms. The molecule has 0 spiro atoms. The minimum atomic E-state index is -3.33. The average molecular weight is 504 g/mol. The van der Waals surface area contributed by atoms with Gasteiger partial charge in [0, 0.05) is 23.8 Å². The van der Waals surface area contributed by atoms with Gasteiger partial charge in [-0.15, -0.1) is 0 Å². The molecule has 2 rings (SSSR count). The minimum absolute atomic E-state index is 0. The summed E-state index contributed by atoms with van der Waals surface area (Å²) >= 11 is 0. The molecule has 0 unspecified atom stereocenters. The summed E-state index contributed by atoms with van der Waals surface area (Å²) < 4.78 is 36.6. The summed E-state index contributed by atoms with van der Waals surface area (Å²) in [5.41, 5.74) is 2.28. The number of unbranched alkanes of at least 4 members (excludes halogenated alkanes) is 1. The molecule has 0 atom stereocenters. The van der Waals surface area contributed by atoms with Gasteiger partial charge >= 0.3 is 29.6 Å². The Kier molecular flexibility index (Phi) is 11.3. The van der Waals surface area contributed by atoms with Crippen LogP contribution in [0.5, 0.6) is 0 Å². The molecule has 2 aromatic rings. The van der Waals surface area contributed by atoms with E-state index < -0.39 is 33.8 Å². The number of aromatic nitrogens is 2. The Hall–Kier alpha value is -1.89. The fraction of sp³-hybridized carbons (Fsp3) is 0.409. The second kappa shape index (κ2) is 12.7. The molecule has 0 saturated carbocycles. The summed E-state index contributed by atoms with van der Waals surface area (Å²) in [6, 6.07) is 5.66. The number of carboxylic acid groups (broad SMARTS) is 1. The van der Waals surface area contributed by atoms with E-state index >= 15 is 0 Å². The van der Waals surface area contributed by atoms with Gasteiger partial charge in [0.15, 0.2) is 9.84 Å². The molecule has 0 radical (unpaired) electrons. The quantitative estimate of drug-likeness (QED) is 0.188. The van der Waals surface area contributed by atoms with E-state index in [2.05, 4.69) is 15.3 Å². The SMILES string of the molecule is CC(C)c1nc(NCS(C)(=O)=O)nc(-c2ccc(F)cc2)c1C=CCCCC(O)(O)C(=O)[O-].[Na+]. The zero-order valence-corrected chi connectivity index (χ0v) is 22.4. The van der Waals surface area contributed by atoms with Crippen LogP contribution >= 0.6 is 0 Å². The Bertz CT molecular complexity index is 1120. The molecule has 12 heteroatoms. The Morgan fingerprint density at radius 1 is 1.24 bits per heavy atom. The Morgan fingerprint density at radius 3 is 2.38 bits per heavy atom. The van der Waals surface area contributed by atoms with Gasteiger partial charge in [-0.25, -0.2) is 22.8 Å². The van der Waals surface area contributed by atoms with E-state index in [0.717, 1.165) is 6.26 Å². The third-order valence-corrected chi connectivity index (χ3v) is 5.31. The van der Waals surface area contributed by atoms with Crippen molar-refractivity contribution in [2.45, 2.75) is 44.8 Å². The van der Waals surface area contributed by atoms with E-state index in [-0.39, 0.29) is 53.7 Å². The average Bonchev–Trinajstić information content (AvgIpc) is 2.72. The van der Waals surface area contributed by atoms with Gasteiger partial charge in [-0.05, 0) is 43.0 Å². The van der Waals surface area contributed by atoms with Gasteiger partial charge in [0.1, 0.15) is 17.7 Å². The molecule has 0 fully saturated rings. The van der Waals surface area contributed by atoms with Crippen LogP contribution in [0.1, 0.15) is 50.3 Å². The molecule has 9 nitrogen and oxygen atoms in total. The number of halogens is 1. The number of carbonyl (C=O) groups is 1. The molecule has 0 aliphatic carbocycles. The maximum Gasteiger partial charge on any atom is 1.00 e. The van der Waals surface area contributed by atoms with E-state index in [4.69, 9.17) is 0 Å². The first-order valence-corrected chi connectivity index (χ1v) is 12.3. The van der Waals surface area contributed by atoms with Crippen LogP contribution < -0.4 is 40.0 Å². The Morgan fingerprint density at radius 2 is 1.85 bits per heavy atom. The second-order valence-corrected chi connectivity index (χ2v) is 10.1. The molecule has 1 aromatic heterocycles. The summed E-state index contributed by atoms with van der Waals surface area (Å²) in [5, 5.41) is 32.1. The van der Waals surface area contributed by atoms with Crippen molar-refractivity contribution in [1.82, 2.24) is 9.97 Å². The van der Waals surface area contributed by atoms with E-state index in [1.54, 1.807) is 24.3 Å². The standard InChI is InChI=1S/C22H28FN3O6S.Na/c1-14(2)18-17(7-5-4-6-12-22(29,30)20(27)28)19(15-8-10-16(23)11-9-15)26-21(25-18)24-13-33(3,31)32;/h5,7-11,14,29-30H,4,6,12-13H2,1-3H3,(H,27,28)(H,24,25,26);/q;+1/p-1. The largest absolute Gasteiger partial charge is 1.00 e. The maximum atomic E-state index is 13.5. The molecule has 3 N–H and O–H groups in total. The number of aliphatic hydroxyl groups is 2. The number of nitrogens with one attached hydrogen (secondary N) is 1. The van der Waals surface area contributed by atoms with Crippen molar-refractivity contribution in [3.05, 3.63) is 47.4 Å². The number of hydrogen-bond acceptors (Lipinski definition) is 9. The number of nitrogens with zero attached hydrogens (tertiary/aromatic N) is 2. The summed E-state index contributed by atoms with van der Waals surface area (Å²) in [4.78, 5) is 19.6. The van der Waals surface area contributed by atoms with Gasteiger partial charge in [0.2, 0.25) is 11.7 Å². The van der Waals surface area contributed by atoms with Gasteiger partial charge in [-0.1, -0.05) is 26.0 Å². The number of benzene rings is 1. The number of sulfone groups is 1. The zero-order chi connectivity index (χ0) is 24.8. The van der Waals surface area contributed by atoms with E-state index in [1.165, 1.54) is 12.1 Å². The predicted octanol–water partition coefficient (Wildman–Crippen LogP) is -1.56. The smallest absolute Gasteiger partial charge is 0.544 e. The van der Waals surface area contributed by atoms with Crippen molar-refractivity contribution in [1.29, 1.82) is 0 Å². The number of rotatable bonds is 11. The van der Waals surface area contributed by atoms with Crippen molar-refractivity contribution in [3.8, 4) is 11.3 Å². The summed E-state index contributed by atoms with van der Waals surface area (Å²) in [6.07, 6.45) is 4.60.